The Morgan fingerprint density at radius 3 is 2.42 bits per heavy atom. The Labute approximate surface area is 187 Å². The van der Waals surface area contributed by atoms with Crippen molar-refractivity contribution in [1.82, 2.24) is 10.2 Å². The highest BCUT2D eigenvalue weighted by atomic mass is 35.5. The van der Waals surface area contributed by atoms with E-state index in [4.69, 9.17) is 16.3 Å². The number of nitrogens with zero attached hydrogens (tertiary/aromatic N) is 1. The van der Waals surface area contributed by atoms with E-state index >= 15 is 0 Å². The van der Waals surface area contributed by atoms with Crippen LogP contribution in [0.2, 0.25) is 5.02 Å². The quantitative estimate of drug-likeness (QED) is 0.628. The first-order valence-corrected chi connectivity index (χ1v) is 11.0. The molecule has 0 saturated carbocycles. The van der Waals surface area contributed by atoms with Gasteiger partial charge in [-0.15, -0.1) is 0 Å². The van der Waals surface area contributed by atoms with Crippen molar-refractivity contribution in [2.45, 2.75) is 45.6 Å². The minimum Gasteiger partial charge on any atom is -0.493 e. The van der Waals surface area contributed by atoms with Crippen LogP contribution in [-0.2, 0) is 4.79 Å². The second kappa shape index (κ2) is 10.6. The number of piperidine rings is 1. The fraction of sp³-hybridized carbons (Fsp3) is 0.417. The molecular formula is C24H28ClFN2O3. The molecule has 0 radical (unpaired) electrons. The Balaban J connectivity index is 1.40. The van der Waals surface area contributed by atoms with Crippen LogP contribution in [0.15, 0.2) is 36.4 Å². The van der Waals surface area contributed by atoms with Gasteiger partial charge in [-0.05, 0) is 56.4 Å². The largest absolute Gasteiger partial charge is 0.493 e. The zero-order valence-corrected chi connectivity index (χ0v) is 18.7. The van der Waals surface area contributed by atoms with Crippen molar-refractivity contribution in [1.29, 1.82) is 0 Å². The standard InChI is InChI=1S/C24H28ClFN2O3/c1-16-6-3-7-17(2)23(16)31-15-5-10-21(29)28-13-11-18(12-14-28)27-24(30)22-19(25)8-4-9-20(22)26/h3-4,6-9,18H,5,10-15H2,1-2H3,(H,27,30). The van der Waals surface area contributed by atoms with Crippen molar-refractivity contribution in [2.24, 2.45) is 0 Å². The van der Waals surface area contributed by atoms with Crippen LogP contribution in [0, 0.1) is 19.7 Å². The number of rotatable bonds is 7. The predicted molar refractivity (Wildman–Crippen MR) is 119 cm³/mol. The lowest BCUT2D eigenvalue weighted by Gasteiger charge is -2.32. The minimum atomic E-state index is -0.638. The van der Waals surface area contributed by atoms with Crippen LogP contribution >= 0.6 is 11.6 Å². The van der Waals surface area contributed by atoms with Gasteiger partial charge in [-0.2, -0.15) is 0 Å². The second-order valence-electron chi connectivity index (χ2n) is 7.90. The van der Waals surface area contributed by atoms with E-state index in [2.05, 4.69) is 5.32 Å². The summed E-state index contributed by atoms with van der Waals surface area (Å²) in [6.07, 6.45) is 2.33. The molecule has 1 aliphatic rings. The summed E-state index contributed by atoms with van der Waals surface area (Å²) in [7, 11) is 0. The number of para-hydroxylation sites is 1. The molecule has 3 rings (SSSR count). The molecule has 0 atom stereocenters. The van der Waals surface area contributed by atoms with Gasteiger partial charge in [0.25, 0.3) is 5.91 Å². The third kappa shape index (κ3) is 5.97. The van der Waals surface area contributed by atoms with E-state index < -0.39 is 11.7 Å². The average Bonchev–Trinajstić information content (AvgIpc) is 2.73. The molecule has 0 unspecified atom stereocenters. The molecule has 1 heterocycles. The molecule has 5 nitrogen and oxygen atoms in total. The van der Waals surface area contributed by atoms with Gasteiger partial charge in [0, 0.05) is 25.6 Å². The molecule has 1 aliphatic heterocycles. The number of amides is 2. The SMILES string of the molecule is Cc1cccc(C)c1OCCCC(=O)N1CCC(NC(=O)c2c(F)cccc2Cl)CC1. The van der Waals surface area contributed by atoms with Crippen molar-refractivity contribution >= 4 is 23.4 Å². The number of hydrogen-bond acceptors (Lipinski definition) is 3. The number of halogens is 2. The Morgan fingerprint density at radius 1 is 1.13 bits per heavy atom. The van der Waals surface area contributed by atoms with Gasteiger partial charge in [0.15, 0.2) is 0 Å². The highest BCUT2D eigenvalue weighted by Gasteiger charge is 2.25. The number of nitrogens with one attached hydrogen (secondary N) is 1. The third-order valence-corrected chi connectivity index (χ3v) is 5.88. The van der Waals surface area contributed by atoms with Crippen LogP contribution < -0.4 is 10.1 Å². The van der Waals surface area contributed by atoms with E-state index in [0.717, 1.165) is 16.9 Å². The van der Waals surface area contributed by atoms with Crippen molar-refractivity contribution in [3.8, 4) is 5.75 Å². The van der Waals surface area contributed by atoms with Gasteiger partial charge in [-0.25, -0.2) is 4.39 Å². The van der Waals surface area contributed by atoms with Crippen LogP contribution in [0.4, 0.5) is 4.39 Å². The number of likely N-dealkylation sites (tertiary alicyclic amines) is 1. The zero-order chi connectivity index (χ0) is 22.4. The van der Waals surface area contributed by atoms with E-state index in [0.29, 0.717) is 45.4 Å². The molecule has 1 saturated heterocycles. The van der Waals surface area contributed by atoms with Crippen LogP contribution in [-0.4, -0.2) is 42.5 Å². The van der Waals surface area contributed by atoms with Gasteiger partial charge in [0.1, 0.15) is 11.6 Å². The van der Waals surface area contributed by atoms with Crippen molar-refractivity contribution in [2.75, 3.05) is 19.7 Å². The number of carbonyl (C=O) groups is 2. The zero-order valence-electron chi connectivity index (χ0n) is 17.9. The van der Waals surface area contributed by atoms with E-state index in [1.807, 2.05) is 36.9 Å². The first-order chi connectivity index (χ1) is 14.9. The molecule has 0 spiro atoms. The van der Waals surface area contributed by atoms with Gasteiger partial charge in [-0.3, -0.25) is 9.59 Å². The summed E-state index contributed by atoms with van der Waals surface area (Å²) in [6, 6.07) is 10.1. The molecule has 0 aromatic heterocycles. The lowest BCUT2D eigenvalue weighted by atomic mass is 10.0. The molecule has 2 amide bonds. The molecule has 2 aromatic carbocycles. The molecule has 1 fully saturated rings. The Bertz CT molecular complexity index is 902. The summed E-state index contributed by atoms with van der Waals surface area (Å²) in [5.41, 5.74) is 2.05. The lowest BCUT2D eigenvalue weighted by molar-refractivity contribution is -0.132. The summed E-state index contributed by atoms with van der Waals surface area (Å²) in [5.74, 6) is -0.175. The van der Waals surface area contributed by atoms with Gasteiger partial charge in [-0.1, -0.05) is 35.9 Å². The molecule has 2 aromatic rings. The second-order valence-corrected chi connectivity index (χ2v) is 8.31. The number of hydrogen-bond donors (Lipinski definition) is 1. The predicted octanol–water partition coefficient (Wildman–Crippen LogP) is 4.68. The first kappa shape index (κ1) is 23.1. The molecule has 31 heavy (non-hydrogen) atoms. The van der Waals surface area contributed by atoms with Gasteiger partial charge in [0.05, 0.1) is 17.2 Å². The summed E-state index contributed by atoms with van der Waals surface area (Å²) >= 11 is 5.96. The molecule has 166 valence electrons. The van der Waals surface area contributed by atoms with Crippen molar-refractivity contribution in [3.63, 3.8) is 0 Å². The first-order valence-electron chi connectivity index (χ1n) is 10.6. The van der Waals surface area contributed by atoms with Crippen LogP contribution in [0.25, 0.3) is 0 Å². The van der Waals surface area contributed by atoms with Crippen LogP contribution in [0.3, 0.4) is 0 Å². The minimum absolute atomic E-state index is 0.0898. The average molecular weight is 447 g/mol. The van der Waals surface area contributed by atoms with E-state index in [9.17, 15) is 14.0 Å². The van der Waals surface area contributed by atoms with Gasteiger partial charge < -0.3 is 15.0 Å². The molecule has 1 N–H and O–H groups in total. The van der Waals surface area contributed by atoms with E-state index in [-0.39, 0.29) is 22.5 Å². The smallest absolute Gasteiger partial charge is 0.255 e. The van der Waals surface area contributed by atoms with Crippen molar-refractivity contribution < 1.29 is 18.7 Å². The van der Waals surface area contributed by atoms with Gasteiger partial charge in [0.2, 0.25) is 5.91 Å². The normalized spacial score (nSPS) is 14.4. The number of aryl methyl sites for hydroxylation is 2. The summed E-state index contributed by atoms with van der Waals surface area (Å²) < 4.78 is 19.8. The molecule has 0 aliphatic carbocycles. The Kier molecular flexibility index (Phi) is 7.91. The maximum atomic E-state index is 13.9. The third-order valence-electron chi connectivity index (χ3n) is 5.56. The molecule has 7 heteroatoms. The maximum absolute atomic E-state index is 13.9. The number of ether oxygens (including phenoxy) is 1. The van der Waals surface area contributed by atoms with E-state index in [1.54, 1.807) is 0 Å². The lowest BCUT2D eigenvalue weighted by Crippen LogP contribution is -2.46. The molecular weight excluding hydrogens is 419 g/mol. The van der Waals surface area contributed by atoms with Gasteiger partial charge >= 0.3 is 0 Å². The Morgan fingerprint density at radius 2 is 1.77 bits per heavy atom. The van der Waals surface area contributed by atoms with E-state index in [1.165, 1.54) is 18.2 Å². The van der Waals surface area contributed by atoms with Crippen LogP contribution in [0.5, 0.6) is 5.75 Å². The fourth-order valence-electron chi connectivity index (χ4n) is 3.83. The fourth-order valence-corrected chi connectivity index (χ4v) is 4.08. The summed E-state index contributed by atoms with van der Waals surface area (Å²) in [5, 5.41) is 2.93. The number of benzene rings is 2. The summed E-state index contributed by atoms with van der Waals surface area (Å²) in [4.78, 5) is 26.7. The van der Waals surface area contributed by atoms with Crippen LogP contribution in [0.1, 0.15) is 47.2 Å². The molecule has 0 bridgehead atoms. The topological polar surface area (TPSA) is 58.6 Å². The monoisotopic (exact) mass is 446 g/mol. The summed E-state index contributed by atoms with van der Waals surface area (Å²) in [6.45, 7) is 5.64. The highest BCUT2D eigenvalue weighted by molar-refractivity contribution is 6.33. The highest BCUT2D eigenvalue weighted by Crippen LogP contribution is 2.23. The van der Waals surface area contributed by atoms with Crippen molar-refractivity contribution in [3.05, 3.63) is 63.9 Å². The number of carbonyl (C=O) groups excluding carboxylic acids is 2. The maximum Gasteiger partial charge on any atom is 0.255 e. The Hall–Kier alpha value is -2.60.